The van der Waals surface area contributed by atoms with E-state index in [-0.39, 0.29) is 0 Å². The summed E-state index contributed by atoms with van der Waals surface area (Å²) in [6.45, 7) is 3.24. The number of nitrogens with zero attached hydrogens (tertiary/aromatic N) is 5. The van der Waals surface area contributed by atoms with Gasteiger partial charge in [-0.15, -0.1) is 11.8 Å². The van der Waals surface area contributed by atoms with E-state index >= 15 is 0 Å². The Kier molecular flexibility index (Phi) is 6.88. The Morgan fingerprint density at radius 1 is 1.27 bits per heavy atom. The smallest absolute Gasteiger partial charge is 0.246 e. The minimum Gasteiger partial charge on any atom is -0.378 e. The summed E-state index contributed by atoms with van der Waals surface area (Å²) in [6, 6.07) is 10.0. The standard InChI is InChI=1S/C20H23N7O2S/c28-23-6-3-11-30-19-12-18(27-7-9-29-10-8-27)24-20(25-19)26-22-14-15-13-21-17-5-2-1-4-16(15)17/h1-2,4-5,12-14,21H,3,6-11H2,(H,24,25,26)/b22-14+. The third-order valence-corrected chi connectivity index (χ3v) is 5.66. The van der Waals surface area contributed by atoms with E-state index in [1.54, 1.807) is 18.0 Å². The number of anilines is 2. The molecule has 0 spiro atoms. The molecular formula is C20H23N7O2S. The van der Waals surface area contributed by atoms with Crippen LogP contribution in [0, 0.1) is 4.91 Å². The third-order valence-electron chi connectivity index (χ3n) is 4.66. The molecule has 2 N–H and O–H groups in total. The number of fused-ring (bicyclic) bond motifs is 1. The lowest BCUT2D eigenvalue weighted by atomic mass is 10.2. The van der Waals surface area contributed by atoms with E-state index in [9.17, 15) is 4.91 Å². The summed E-state index contributed by atoms with van der Waals surface area (Å²) >= 11 is 1.58. The van der Waals surface area contributed by atoms with Crippen LogP contribution in [0.5, 0.6) is 0 Å². The van der Waals surface area contributed by atoms with Gasteiger partial charge in [0.25, 0.3) is 0 Å². The van der Waals surface area contributed by atoms with Crippen molar-refractivity contribution in [3.8, 4) is 0 Å². The Morgan fingerprint density at radius 2 is 2.13 bits per heavy atom. The first-order valence-electron chi connectivity index (χ1n) is 9.82. The number of aromatic nitrogens is 3. The molecule has 2 aromatic heterocycles. The zero-order valence-electron chi connectivity index (χ0n) is 16.5. The van der Waals surface area contributed by atoms with Crippen molar-refractivity contribution in [2.45, 2.75) is 11.4 Å². The maximum absolute atomic E-state index is 10.3. The number of para-hydroxylation sites is 1. The highest BCUT2D eigenvalue weighted by Crippen LogP contribution is 2.24. The Hall–Kier alpha value is -2.98. The van der Waals surface area contributed by atoms with Gasteiger partial charge in [-0.2, -0.15) is 15.0 Å². The second-order valence-electron chi connectivity index (χ2n) is 6.70. The number of thioether (sulfide) groups is 1. The first-order valence-corrected chi connectivity index (χ1v) is 10.8. The highest BCUT2D eigenvalue weighted by molar-refractivity contribution is 7.99. The van der Waals surface area contributed by atoms with Gasteiger partial charge >= 0.3 is 0 Å². The van der Waals surface area contributed by atoms with E-state index < -0.39 is 0 Å². The lowest BCUT2D eigenvalue weighted by Crippen LogP contribution is -2.36. The molecule has 156 valence electrons. The van der Waals surface area contributed by atoms with Crippen LogP contribution in [0.25, 0.3) is 10.9 Å². The molecule has 1 aliphatic rings. The van der Waals surface area contributed by atoms with E-state index in [0.717, 1.165) is 46.2 Å². The molecule has 0 radical (unpaired) electrons. The van der Waals surface area contributed by atoms with Gasteiger partial charge in [0, 0.05) is 47.6 Å². The van der Waals surface area contributed by atoms with Crippen LogP contribution >= 0.6 is 11.8 Å². The van der Waals surface area contributed by atoms with Crippen molar-refractivity contribution >= 4 is 40.6 Å². The van der Waals surface area contributed by atoms with Crippen LogP contribution in [0.4, 0.5) is 11.8 Å². The number of rotatable bonds is 9. The molecule has 0 saturated carbocycles. The molecule has 3 aromatic rings. The fourth-order valence-corrected chi connectivity index (χ4v) is 3.98. The maximum atomic E-state index is 10.3. The summed E-state index contributed by atoms with van der Waals surface area (Å²) in [5.74, 6) is 2.05. The van der Waals surface area contributed by atoms with Crippen LogP contribution in [0.1, 0.15) is 12.0 Å². The average molecular weight is 426 g/mol. The SMILES string of the molecule is O=NCCCSc1cc(N2CCOCC2)nc(N/N=C/c2c[nH]c3ccccc23)n1. The van der Waals surface area contributed by atoms with Gasteiger partial charge in [0.05, 0.1) is 26.0 Å². The molecule has 0 aliphatic carbocycles. The normalized spacial score (nSPS) is 14.5. The van der Waals surface area contributed by atoms with Crippen LogP contribution in [0.3, 0.4) is 0 Å². The predicted molar refractivity (Wildman–Crippen MR) is 121 cm³/mol. The molecule has 0 amide bonds. The van der Waals surface area contributed by atoms with Crippen molar-refractivity contribution in [3.63, 3.8) is 0 Å². The Morgan fingerprint density at radius 3 is 3.00 bits per heavy atom. The van der Waals surface area contributed by atoms with Gasteiger partial charge in [-0.1, -0.05) is 23.4 Å². The van der Waals surface area contributed by atoms with Crippen LogP contribution in [0.2, 0.25) is 0 Å². The zero-order valence-corrected chi connectivity index (χ0v) is 17.3. The van der Waals surface area contributed by atoms with Crippen LogP contribution in [-0.4, -0.2) is 59.8 Å². The fraction of sp³-hybridized carbons (Fsp3) is 0.350. The van der Waals surface area contributed by atoms with Gasteiger partial charge in [0.15, 0.2) is 0 Å². The van der Waals surface area contributed by atoms with Crippen molar-refractivity contribution in [2.24, 2.45) is 10.3 Å². The topological polar surface area (TPSA) is 108 Å². The summed E-state index contributed by atoms with van der Waals surface area (Å²) in [6.07, 6.45) is 4.39. The highest BCUT2D eigenvalue weighted by Gasteiger charge is 2.15. The molecule has 1 fully saturated rings. The number of nitrogens with one attached hydrogen (secondary N) is 2. The molecule has 9 nitrogen and oxygen atoms in total. The lowest BCUT2D eigenvalue weighted by Gasteiger charge is -2.28. The predicted octanol–water partition coefficient (Wildman–Crippen LogP) is 3.49. The molecule has 0 unspecified atom stereocenters. The summed E-state index contributed by atoms with van der Waals surface area (Å²) in [4.78, 5) is 24.9. The monoisotopic (exact) mass is 425 g/mol. The summed E-state index contributed by atoms with van der Waals surface area (Å²) in [5.41, 5.74) is 5.01. The molecule has 4 rings (SSSR count). The number of aromatic amines is 1. The van der Waals surface area contributed by atoms with E-state index in [1.807, 2.05) is 36.5 Å². The number of ether oxygens (including phenoxy) is 1. The minimum absolute atomic E-state index is 0.314. The number of benzene rings is 1. The minimum atomic E-state index is 0.314. The lowest BCUT2D eigenvalue weighted by molar-refractivity contribution is 0.122. The maximum Gasteiger partial charge on any atom is 0.246 e. The van der Waals surface area contributed by atoms with Crippen LogP contribution in [0.15, 0.2) is 51.8 Å². The Balaban J connectivity index is 1.50. The quantitative estimate of drug-likeness (QED) is 0.135. The molecule has 0 atom stereocenters. The Labute approximate surface area is 178 Å². The number of nitroso groups, excluding NO2 is 1. The number of H-pyrrole nitrogens is 1. The number of hydrazone groups is 1. The Bertz CT molecular complexity index is 1020. The van der Waals surface area contributed by atoms with Gasteiger partial charge < -0.3 is 14.6 Å². The van der Waals surface area contributed by atoms with E-state index in [0.29, 0.717) is 32.1 Å². The van der Waals surface area contributed by atoms with Crippen molar-refractivity contribution < 1.29 is 4.74 Å². The molecular weight excluding hydrogens is 402 g/mol. The highest BCUT2D eigenvalue weighted by atomic mass is 32.2. The number of morpholine rings is 1. The molecule has 1 aromatic carbocycles. The van der Waals surface area contributed by atoms with Crippen molar-refractivity contribution in [1.82, 2.24) is 15.0 Å². The first-order chi connectivity index (χ1) is 14.8. The number of hydrogen-bond acceptors (Lipinski definition) is 9. The molecule has 10 heteroatoms. The van der Waals surface area contributed by atoms with E-state index in [4.69, 9.17) is 4.74 Å². The molecule has 1 aliphatic heterocycles. The van der Waals surface area contributed by atoms with E-state index in [1.165, 1.54) is 0 Å². The average Bonchev–Trinajstić information content (AvgIpc) is 3.20. The van der Waals surface area contributed by atoms with Crippen LogP contribution < -0.4 is 10.3 Å². The molecule has 0 bridgehead atoms. The summed E-state index contributed by atoms with van der Waals surface area (Å²) < 4.78 is 5.44. The van der Waals surface area contributed by atoms with E-state index in [2.05, 4.69) is 35.6 Å². The van der Waals surface area contributed by atoms with Gasteiger partial charge in [0.2, 0.25) is 5.95 Å². The molecule has 3 heterocycles. The third kappa shape index (κ3) is 5.14. The summed E-state index contributed by atoms with van der Waals surface area (Å²) in [7, 11) is 0. The largest absolute Gasteiger partial charge is 0.378 e. The number of hydrogen-bond donors (Lipinski definition) is 2. The second kappa shape index (κ2) is 10.2. The van der Waals surface area contributed by atoms with Gasteiger partial charge in [-0.05, 0) is 12.5 Å². The molecule has 1 saturated heterocycles. The van der Waals surface area contributed by atoms with Crippen molar-refractivity contribution in [1.29, 1.82) is 0 Å². The summed E-state index contributed by atoms with van der Waals surface area (Å²) in [5, 5.41) is 9.19. The first kappa shape index (κ1) is 20.3. The fourth-order valence-electron chi connectivity index (χ4n) is 3.16. The zero-order chi connectivity index (χ0) is 20.6. The molecule has 30 heavy (non-hydrogen) atoms. The van der Waals surface area contributed by atoms with Crippen molar-refractivity contribution in [3.05, 3.63) is 47.0 Å². The van der Waals surface area contributed by atoms with Gasteiger partial charge in [-0.3, -0.25) is 0 Å². The van der Waals surface area contributed by atoms with Gasteiger partial charge in [-0.25, -0.2) is 10.4 Å². The van der Waals surface area contributed by atoms with Crippen LogP contribution in [-0.2, 0) is 4.74 Å². The van der Waals surface area contributed by atoms with Gasteiger partial charge in [0.1, 0.15) is 10.8 Å². The van der Waals surface area contributed by atoms with Crippen molar-refractivity contribution in [2.75, 3.05) is 48.9 Å². The second-order valence-corrected chi connectivity index (χ2v) is 7.82.